The highest BCUT2D eigenvalue weighted by molar-refractivity contribution is 5.87. The molecule has 0 aromatic rings. The molecule has 122 valence electrons. The molecule has 0 saturated heterocycles. The number of carboxylic acid groups (broad SMARTS) is 1. The Kier molecular flexibility index (Phi) is 9.45. The number of rotatable bonds is 11. The summed E-state index contributed by atoms with van der Waals surface area (Å²) in [6.45, 7) is 4.46. The van der Waals surface area contributed by atoms with Crippen molar-refractivity contribution >= 4 is 5.97 Å². The fourth-order valence-corrected chi connectivity index (χ4v) is 3.58. The van der Waals surface area contributed by atoms with Crippen LogP contribution < -0.4 is 0 Å². The SMILES string of the molecule is CCCCCCC1=C(C(=O)O)CCCC1CCCCCC. The monoisotopic (exact) mass is 294 g/mol. The second-order valence-corrected chi connectivity index (χ2v) is 6.56. The lowest BCUT2D eigenvalue weighted by Gasteiger charge is -2.27. The molecule has 0 aromatic heterocycles. The van der Waals surface area contributed by atoms with E-state index in [2.05, 4.69) is 13.8 Å². The van der Waals surface area contributed by atoms with Gasteiger partial charge in [-0.3, -0.25) is 0 Å². The second kappa shape index (κ2) is 10.9. The van der Waals surface area contributed by atoms with E-state index in [1.807, 2.05) is 0 Å². The molecular weight excluding hydrogens is 260 g/mol. The molecule has 1 unspecified atom stereocenters. The molecule has 2 nitrogen and oxygen atoms in total. The molecule has 0 heterocycles. The summed E-state index contributed by atoms with van der Waals surface area (Å²) in [4.78, 5) is 11.5. The van der Waals surface area contributed by atoms with E-state index in [4.69, 9.17) is 0 Å². The number of carbonyl (C=O) groups is 1. The third-order valence-electron chi connectivity index (χ3n) is 4.82. The van der Waals surface area contributed by atoms with Gasteiger partial charge in [-0.15, -0.1) is 0 Å². The molecule has 21 heavy (non-hydrogen) atoms. The second-order valence-electron chi connectivity index (χ2n) is 6.56. The fourth-order valence-electron chi connectivity index (χ4n) is 3.58. The van der Waals surface area contributed by atoms with Crippen LogP contribution in [0.2, 0.25) is 0 Å². The standard InChI is InChI=1S/C19H34O2/c1-3-5-7-9-12-16-13-11-15-18(19(20)21)17(16)14-10-8-6-4-2/h16H,3-15H2,1-2H3,(H,20,21). The molecule has 0 amide bonds. The maximum absolute atomic E-state index is 11.5. The van der Waals surface area contributed by atoms with Gasteiger partial charge in [-0.2, -0.15) is 0 Å². The maximum atomic E-state index is 11.5. The van der Waals surface area contributed by atoms with Crippen LogP contribution in [-0.2, 0) is 4.79 Å². The van der Waals surface area contributed by atoms with Gasteiger partial charge in [-0.1, -0.05) is 64.4 Å². The van der Waals surface area contributed by atoms with Crippen molar-refractivity contribution in [3.05, 3.63) is 11.1 Å². The first-order valence-corrected chi connectivity index (χ1v) is 9.15. The van der Waals surface area contributed by atoms with Gasteiger partial charge in [0.1, 0.15) is 0 Å². The molecular formula is C19H34O2. The van der Waals surface area contributed by atoms with Gasteiger partial charge in [0.15, 0.2) is 0 Å². The zero-order chi connectivity index (χ0) is 15.5. The molecule has 0 fully saturated rings. The van der Waals surface area contributed by atoms with Gasteiger partial charge < -0.3 is 5.11 Å². The Labute approximate surface area is 131 Å². The summed E-state index contributed by atoms with van der Waals surface area (Å²) in [6, 6.07) is 0. The van der Waals surface area contributed by atoms with E-state index in [0.717, 1.165) is 24.8 Å². The maximum Gasteiger partial charge on any atom is 0.331 e. The molecule has 0 spiro atoms. The molecule has 2 heteroatoms. The van der Waals surface area contributed by atoms with Crippen molar-refractivity contribution in [3.63, 3.8) is 0 Å². The fraction of sp³-hybridized carbons (Fsp3) is 0.842. The van der Waals surface area contributed by atoms with Crippen LogP contribution >= 0.6 is 0 Å². The van der Waals surface area contributed by atoms with Gasteiger partial charge in [0.05, 0.1) is 0 Å². The Hall–Kier alpha value is -0.790. The van der Waals surface area contributed by atoms with Crippen molar-refractivity contribution in [2.45, 2.75) is 97.3 Å². The Morgan fingerprint density at radius 1 is 1.05 bits per heavy atom. The third kappa shape index (κ3) is 6.67. The van der Waals surface area contributed by atoms with Crippen molar-refractivity contribution in [1.29, 1.82) is 0 Å². The van der Waals surface area contributed by atoms with Crippen LogP contribution in [0.5, 0.6) is 0 Å². The van der Waals surface area contributed by atoms with E-state index in [-0.39, 0.29) is 0 Å². The number of unbranched alkanes of at least 4 members (excludes halogenated alkanes) is 6. The van der Waals surface area contributed by atoms with Crippen LogP contribution in [-0.4, -0.2) is 11.1 Å². The van der Waals surface area contributed by atoms with Gasteiger partial charge in [0.25, 0.3) is 0 Å². The Bertz CT molecular complexity index is 330. The third-order valence-corrected chi connectivity index (χ3v) is 4.82. The lowest BCUT2D eigenvalue weighted by molar-refractivity contribution is -0.133. The van der Waals surface area contributed by atoms with E-state index in [9.17, 15) is 9.90 Å². The van der Waals surface area contributed by atoms with Crippen LogP contribution in [0.25, 0.3) is 0 Å². The Morgan fingerprint density at radius 3 is 2.33 bits per heavy atom. The first-order chi connectivity index (χ1) is 10.2. The van der Waals surface area contributed by atoms with E-state index < -0.39 is 5.97 Å². The van der Waals surface area contributed by atoms with Crippen molar-refractivity contribution in [1.82, 2.24) is 0 Å². The number of allylic oxidation sites excluding steroid dienone is 1. The van der Waals surface area contributed by atoms with Gasteiger partial charge in [0.2, 0.25) is 0 Å². The largest absolute Gasteiger partial charge is 0.478 e. The van der Waals surface area contributed by atoms with Crippen LogP contribution in [0.1, 0.15) is 97.3 Å². The predicted molar refractivity (Wildman–Crippen MR) is 89.5 cm³/mol. The van der Waals surface area contributed by atoms with E-state index >= 15 is 0 Å². The zero-order valence-corrected chi connectivity index (χ0v) is 14.1. The lowest BCUT2D eigenvalue weighted by atomic mass is 9.77. The highest BCUT2D eigenvalue weighted by atomic mass is 16.4. The summed E-state index contributed by atoms with van der Waals surface area (Å²) in [7, 11) is 0. The van der Waals surface area contributed by atoms with Crippen molar-refractivity contribution in [3.8, 4) is 0 Å². The van der Waals surface area contributed by atoms with Gasteiger partial charge >= 0.3 is 5.97 Å². The summed E-state index contributed by atoms with van der Waals surface area (Å²) in [5, 5.41) is 9.48. The van der Waals surface area contributed by atoms with Crippen molar-refractivity contribution in [2.24, 2.45) is 5.92 Å². The first-order valence-electron chi connectivity index (χ1n) is 9.15. The summed E-state index contributed by atoms with van der Waals surface area (Å²) >= 11 is 0. The van der Waals surface area contributed by atoms with Crippen LogP contribution in [0.3, 0.4) is 0 Å². The smallest absolute Gasteiger partial charge is 0.331 e. The normalized spacial score (nSPS) is 19.0. The highest BCUT2D eigenvalue weighted by Gasteiger charge is 2.25. The Balaban J connectivity index is 2.60. The average molecular weight is 294 g/mol. The Morgan fingerprint density at radius 2 is 1.71 bits per heavy atom. The van der Waals surface area contributed by atoms with E-state index in [0.29, 0.717) is 5.92 Å². The number of hydrogen-bond donors (Lipinski definition) is 1. The summed E-state index contributed by atoms with van der Waals surface area (Å²) in [5.41, 5.74) is 2.07. The van der Waals surface area contributed by atoms with Crippen molar-refractivity contribution < 1.29 is 9.90 Å². The van der Waals surface area contributed by atoms with Gasteiger partial charge in [0, 0.05) is 5.57 Å². The number of aliphatic carboxylic acids is 1. The molecule has 1 rings (SSSR count). The van der Waals surface area contributed by atoms with Crippen LogP contribution in [0.15, 0.2) is 11.1 Å². The molecule has 1 N–H and O–H groups in total. The molecule has 1 atom stereocenters. The van der Waals surface area contributed by atoms with Gasteiger partial charge in [-0.25, -0.2) is 4.79 Å². The summed E-state index contributed by atoms with van der Waals surface area (Å²) in [5.74, 6) is -0.0953. The number of carboxylic acids is 1. The zero-order valence-electron chi connectivity index (χ0n) is 14.1. The molecule has 0 saturated carbocycles. The first kappa shape index (κ1) is 18.3. The molecule has 0 aromatic carbocycles. The summed E-state index contributed by atoms with van der Waals surface area (Å²) in [6.07, 6.45) is 15.4. The van der Waals surface area contributed by atoms with Gasteiger partial charge in [-0.05, 0) is 44.4 Å². The van der Waals surface area contributed by atoms with Crippen LogP contribution in [0.4, 0.5) is 0 Å². The average Bonchev–Trinajstić information content (AvgIpc) is 2.48. The molecule has 1 aliphatic carbocycles. The minimum atomic E-state index is -0.654. The van der Waals surface area contributed by atoms with E-state index in [1.54, 1.807) is 0 Å². The molecule has 1 aliphatic rings. The molecule has 0 radical (unpaired) electrons. The van der Waals surface area contributed by atoms with Crippen LogP contribution in [0, 0.1) is 5.92 Å². The minimum Gasteiger partial charge on any atom is -0.478 e. The number of hydrogen-bond acceptors (Lipinski definition) is 1. The minimum absolute atomic E-state index is 0.559. The quantitative estimate of drug-likeness (QED) is 0.467. The molecule has 0 aliphatic heterocycles. The summed E-state index contributed by atoms with van der Waals surface area (Å²) < 4.78 is 0. The molecule has 0 bridgehead atoms. The highest BCUT2D eigenvalue weighted by Crippen LogP contribution is 2.36. The van der Waals surface area contributed by atoms with Crippen molar-refractivity contribution in [2.75, 3.05) is 0 Å². The predicted octanol–water partition coefficient (Wildman–Crippen LogP) is 6.11. The van der Waals surface area contributed by atoms with E-state index in [1.165, 1.54) is 69.8 Å². The topological polar surface area (TPSA) is 37.3 Å². The lowest BCUT2D eigenvalue weighted by Crippen LogP contribution is -2.17.